The van der Waals surface area contributed by atoms with Crippen LogP contribution in [-0.4, -0.2) is 62.5 Å². The molecule has 0 saturated carbocycles. The molecule has 9 heteroatoms. The summed E-state index contributed by atoms with van der Waals surface area (Å²) >= 11 is 1.30. The molecule has 3 rings (SSSR count). The second-order valence-electron chi connectivity index (χ2n) is 6.79. The lowest BCUT2D eigenvalue weighted by Crippen LogP contribution is -2.32. The molecular weight excluding hydrogens is 444 g/mol. The molecule has 2 aromatic carbocycles. The summed E-state index contributed by atoms with van der Waals surface area (Å²) in [6.45, 7) is 2.60. The standard InChI is InChI=1S/C24H26N2O6S/c1-4-31-22(27)16-32-19-11-10-17(14-20(19)30-3)15-21-23(28)26(12-13-29-2)24(33-21)25-18-8-6-5-7-9-18/h5-11,14-15H,4,12-13,16H2,1-3H3/b21-15-,25-24?. The topological polar surface area (TPSA) is 86.7 Å². The summed E-state index contributed by atoms with van der Waals surface area (Å²) in [5.41, 5.74) is 1.51. The number of hydrogen-bond donors (Lipinski definition) is 0. The van der Waals surface area contributed by atoms with Crippen LogP contribution in [0.4, 0.5) is 5.69 Å². The van der Waals surface area contributed by atoms with Crippen molar-refractivity contribution in [2.75, 3.05) is 40.6 Å². The summed E-state index contributed by atoms with van der Waals surface area (Å²) in [6.07, 6.45) is 1.78. The molecule has 0 radical (unpaired) electrons. The van der Waals surface area contributed by atoms with E-state index < -0.39 is 5.97 Å². The molecule has 0 aliphatic carbocycles. The Morgan fingerprint density at radius 1 is 1.12 bits per heavy atom. The second kappa shape index (κ2) is 12.1. The Balaban J connectivity index is 1.83. The Morgan fingerprint density at radius 3 is 2.61 bits per heavy atom. The number of methoxy groups -OCH3 is 2. The molecule has 8 nitrogen and oxygen atoms in total. The van der Waals surface area contributed by atoms with E-state index in [1.807, 2.05) is 30.3 Å². The Morgan fingerprint density at radius 2 is 1.91 bits per heavy atom. The minimum Gasteiger partial charge on any atom is -0.493 e. The van der Waals surface area contributed by atoms with Crippen LogP contribution in [0, 0.1) is 0 Å². The number of ether oxygens (including phenoxy) is 4. The maximum absolute atomic E-state index is 13.1. The zero-order valence-corrected chi connectivity index (χ0v) is 19.6. The van der Waals surface area contributed by atoms with Gasteiger partial charge in [0.15, 0.2) is 23.3 Å². The van der Waals surface area contributed by atoms with E-state index in [1.54, 1.807) is 43.2 Å². The van der Waals surface area contributed by atoms with Crippen molar-refractivity contribution in [2.45, 2.75) is 6.92 Å². The Hall–Kier alpha value is -3.30. The average molecular weight is 471 g/mol. The highest BCUT2D eigenvalue weighted by Gasteiger charge is 2.33. The van der Waals surface area contributed by atoms with Gasteiger partial charge in [-0.2, -0.15) is 0 Å². The van der Waals surface area contributed by atoms with Crippen molar-refractivity contribution in [3.8, 4) is 11.5 Å². The molecule has 33 heavy (non-hydrogen) atoms. The van der Waals surface area contributed by atoms with Crippen molar-refractivity contribution in [3.05, 3.63) is 59.0 Å². The quantitative estimate of drug-likeness (QED) is 0.385. The van der Waals surface area contributed by atoms with Crippen molar-refractivity contribution in [1.82, 2.24) is 4.90 Å². The van der Waals surface area contributed by atoms with Gasteiger partial charge in [-0.3, -0.25) is 9.69 Å². The Kier molecular flexibility index (Phi) is 8.91. The van der Waals surface area contributed by atoms with Gasteiger partial charge in [0.05, 0.1) is 37.5 Å². The molecule has 0 bridgehead atoms. The number of esters is 1. The van der Waals surface area contributed by atoms with Gasteiger partial charge in [-0.1, -0.05) is 24.3 Å². The smallest absolute Gasteiger partial charge is 0.344 e. The van der Waals surface area contributed by atoms with Gasteiger partial charge in [-0.25, -0.2) is 9.79 Å². The zero-order valence-electron chi connectivity index (χ0n) is 18.8. The number of benzene rings is 2. The first-order chi connectivity index (χ1) is 16.0. The average Bonchev–Trinajstić information content (AvgIpc) is 3.11. The Bertz CT molecular complexity index is 1040. The maximum Gasteiger partial charge on any atom is 0.344 e. The van der Waals surface area contributed by atoms with E-state index in [2.05, 4.69) is 4.99 Å². The first-order valence-corrected chi connectivity index (χ1v) is 11.2. The molecule has 1 aliphatic rings. The maximum atomic E-state index is 13.1. The minimum atomic E-state index is -0.458. The first kappa shape index (κ1) is 24.3. The number of carbonyl (C=O) groups excluding carboxylic acids is 2. The summed E-state index contributed by atoms with van der Waals surface area (Å²) in [7, 11) is 3.10. The van der Waals surface area contributed by atoms with Gasteiger partial charge < -0.3 is 18.9 Å². The van der Waals surface area contributed by atoms with Crippen LogP contribution in [0.2, 0.25) is 0 Å². The fraction of sp³-hybridized carbons (Fsp3) is 0.292. The van der Waals surface area contributed by atoms with Crippen molar-refractivity contribution in [1.29, 1.82) is 0 Å². The van der Waals surface area contributed by atoms with E-state index >= 15 is 0 Å². The van der Waals surface area contributed by atoms with Crippen LogP contribution in [0.3, 0.4) is 0 Å². The largest absolute Gasteiger partial charge is 0.493 e. The molecule has 0 atom stereocenters. The van der Waals surface area contributed by atoms with E-state index in [-0.39, 0.29) is 19.1 Å². The molecule has 1 saturated heterocycles. The minimum absolute atomic E-state index is 0.145. The number of hydrogen-bond acceptors (Lipinski definition) is 8. The van der Waals surface area contributed by atoms with E-state index in [4.69, 9.17) is 18.9 Å². The highest BCUT2D eigenvalue weighted by Crippen LogP contribution is 2.35. The summed E-state index contributed by atoms with van der Waals surface area (Å²) < 4.78 is 20.9. The normalized spacial score (nSPS) is 15.8. The summed E-state index contributed by atoms with van der Waals surface area (Å²) in [6, 6.07) is 14.7. The molecule has 0 unspecified atom stereocenters. The third kappa shape index (κ3) is 6.59. The number of nitrogens with zero attached hydrogens (tertiary/aromatic N) is 2. The zero-order chi connectivity index (χ0) is 23.6. The van der Waals surface area contributed by atoms with Crippen LogP contribution >= 0.6 is 11.8 Å². The lowest BCUT2D eigenvalue weighted by molar-refractivity contribution is -0.145. The van der Waals surface area contributed by atoms with Gasteiger partial charge in [0.2, 0.25) is 0 Å². The number of thioether (sulfide) groups is 1. The highest BCUT2D eigenvalue weighted by atomic mass is 32.2. The fourth-order valence-electron chi connectivity index (χ4n) is 2.97. The van der Waals surface area contributed by atoms with Crippen LogP contribution in [0.15, 0.2) is 58.4 Å². The van der Waals surface area contributed by atoms with Gasteiger partial charge in [0.1, 0.15) is 0 Å². The van der Waals surface area contributed by atoms with E-state index in [9.17, 15) is 9.59 Å². The lowest BCUT2D eigenvalue weighted by atomic mass is 10.2. The van der Waals surface area contributed by atoms with Gasteiger partial charge in [0.25, 0.3) is 5.91 Å². The monoisotopic (exact) mass is 470 g/mol. The number of amides is 1. The van der Waals surface area contributed by atoms with Gasteiger partial charge in [0, 0.05) is 7.11 Å². The van der Waals surface area contributed by atoms with E-state index in [0.29, 0.717) is 34.7 Å². The second-order valence-corrected chi connectivity index (χ2v) is 7.80. The third-order valence-corrected chi connectivity index (χ3v) is 5.53. The Labute approximate surface area is 197 Å². The van der Waals surface area contributed by atoms with Gasteiger partial charge >= 0.3 is 5.97 Å². The van der Waals surface area contributed by atoms with Crippen molar-refractivity contribution < 1.29 is 28.5 Å². The summed E-state index contributed by atoms with van der Waals surface area (Å²) in [5, 5.41) is 0.593. The summed E-state index contributed by atoms with van der Waals surface area (Å²) in [4.78, 5) is 31.4. The van der Waals surface area contributed by atoms with Crippen LogP contribution in [0.25, 0.3) is 6.08 Å². The molecule has 1 heterocycles. The first-order valence-electron chi connectivity index (χ1n) is 10.4. The molecule has 2 aromatic rings. The fourth-order valence-corrected chi connectivity index (χ4v) is 3.99. The van der Waals surface area contributed by atoms with Crippen molar-refractivity contribution in [3.63, 3.8) is 0 Å². The summed E-state index contributed by atoms with van der Waals surface area (Å²) in [5.74, 6) is 0.248. The highest BCUT2D eigenvalue weighted by molar-refractivity contribution is 8.18. The van der Waals surface area contributed by atoms with Crippen LogP contribution in [-0.2, 0) is 19.1 Å². The predicted octanol–water partition coefficient (Wildman–Crippen LogP) is 3.89. The van der Waals surface area contributed by atoms with E-state index in [0.717, 1.165) is 11.3 Å². The predicted molar refractivity (Wildman–Crippen MR) is 128 cm³/mol. The van der Waals surface area contributed by atoms with Gasteiger partial charge in [-0.05, 0) is 54.6 Å². The number of rotatable bonds is 10. The van der Waals surface area contributed by atoms with Crippen LogP contribution in [0.5, 0.6) is 11.5 Å². The number of carbonyl (C=O) groups is 2. The molecule has 174 valence electrons. The molecule has 0 aromatic heterocycles. The number of aliphatic imine (C=N–C) groups is 1. The number of para-hydroxylation sites is 1. The van der Waals surface area contributed by atoms with Crippen LogP contribution in [0.1, 0.15) is 12.5 Å². The SMILES string of the molecule is CCOC(=O)COc1ccc(/C=C2\SC(=Nc3ccccc3)N(CCOC)C2=O)cc1OC. The molecular formula is C24H26N2O6S. The molecule has 1 amide bonds. The third-order valence-electron chi connectivity index (χ3n) is 4.52. The van der Waals surface area contributed by atoms with Crippen molar-refractivity contribution in [2.24, 2.45) is 4.99 Å². The molecule has 0 spiro atoms. The van der Waals surface area contributed by atoms with Crippen LogP contribution < -0.4 is 9.47 Å². The molecule has 0 N–H and O–H groups in total. The lowest BCUT2D eigenvalue weighted by Gasteiger charge is -2.14. The molecule has 1 fully saturated rings. The van der Waals surface area contributed by atoms with Crippen molar-refractivity contribution >= 4 is 40.6 Å². The van der Waals surface area contributed by atoms with E-state index in [1.165, 1.54) is 18.9 Å². The van der Waals surface area contributed by atoms with Gasteiger partial charge in [-0.15, -0.1) is 0 Å². The molecule has 1 aliphatic heterocycles. The number of amidine groups is 1.